The number of thioether (sulfide) groups is 1. The lowest BCUT2D eigenvalue weighted by Crippen LogP contribution is -2.30. The molecule has 1 aliphatic rings. The van der Waals surface area contributed by atoms with E-state index in [2.05, 4.69) is 0 Å². The van der Waals surface area contributed by atoms with E-state index >= 15 is 0 Å². The highest BCUT2D eigenvalue weighted by Gasteiger charge is 2.31. The third-order valence-corrected chi connectivity index (χ3v) is 5.33. The van der Waals surface area contributed by atoms with Gasteiger partial charge < -0.3 is 14.9 Å². The molecule has 2 N–H and O–H groups in total. The fourth-order valence-corrected chi connectivity index (χ4v) is 3.82. The average molecular weight is 387 g/mol. The number of rotatable bonds is 5. The van der Waals surface area contributed by atoms with Crippen molar-refractivity contribution in [2.75, 3.05) is 13.7 Å². The molecule has 1 aliphatic heterocycles. The highest BCUT2D eigenvalue weighted by molar-refractivity contribution is 8.26. The van der Waals surface area contributed by atoms with Crippen LogP contribution in [0.15, 0.2) is 47.4 Å². The zero-order chi connectivity index (χ0) is 18.7. The van der Waals surface area contributed by atoms with E-state index in [1.165, 1.54) is 23.9 Å². The summed E-state index contributed by atoms with van der Waals surface area (Å²) in [4.78, 5) is 14.7. The summed E-state index contributed by atoms with van der Waals surface area (Å²) < 4.78 is 5.65. The van der Waals surface area contributed by atoms with Gasteiger partial charge in [-0.2, -0.15) is 0 Å². The Balaban J connectivity index is 1.69. The van der Waals surface area contributed by atoms with E-state index in [0.717, 1.165) is 11.3 Å². The van der Waals surface area contributed by atoms with Gasteiger partial charge in [0.25, 0.3) is 5.91 Å². The molecule has 0 unspecified atom stereocenters. The number of phenolic OH excluding ortho intramolecular Hbond substituents is 2. The lowest BCUT2D eigenvalue weighted by atomic mass is 10.1. The van der Waals surface area contributed by atoms with Crippen molar-refractivity contribution in [3.63, 3.8) is 0 Å². The molecule has 0 atom stereocenters. The second-order valence-corrected chi connectivity index (χ2v) is 7.36. The smallest absolute Gasteiger partial charge is 0.266 e. The normalized spacial score (nSPS) is 15.7. The molecule has 3 rings (SSSR count). The second-order valence-electron chi connectivity index (χ2n) is 5.68. The molecule has 1 saturated heterocycles. The Morgan fingerprint density at radius 2 is 1.88 bits per heavy atom. The van der Waals surface area contributed by atoms with Crippen LogP contribution in [0.25, 0.3) is 6.08 Å². The van der Waals surface area contributed by atoms with Gasteiger partial charge in [0, 0.05) is 6.54 Å². The molecule has 2 aromatic rings. The number of methoxy groups -OCH3 is 1. The topological polar surface area (TPSA) is 70.0 Å². The predicted molar refractivity (Wildman–Crippen MR) is 106 cm³/mol. The minimum Gasteiger partial charge on any atom is -0.504 e. The number of hydrogen-bond acceptors (Lipinski definition) is 6. The Hall–Kier alpha value is -2.51. The largest absolute Gasteiger partial charge is 0.504 e. The molecule has 134 valence electrons. The van der Waals surface area contributed by atoms with Gasteiger partial charge >= 0.3 is 0 Å². The Labute approximate surface area is 160 Å². The number of carbonyl (C=O) groups is 1. The van der Waals surface area contributed by atoms with Crippen LogP contribution in [0.4, 0.5) is 0 Å². The highest BCUT2D eigenvalue weighted by Crippen LogP contribution is 2.34. The summed E-state index contributed by atoms with van der Waals surface area (Å²) in [6, 6.07) is 12.1. The number of hydrogen-bond donors (Lipinski definition) is 2. The molecule has 1 fully saturated rings. The van der Waals surface area contributed by atoms with Gasteiger partial charge in [-0.05, 0) is 47.9 Å². The lowest BCUT2D eigenvalue weighted by molar-refractivity contribution is -0.122. The molecule has 1 amide bonds. The summed E-state index contributed by atoms with van der Waals surface area (Å²) >= 11 is 6.56. The second kappa shape index (κ2) is 7.80. The van der Waals surface area contributed by atoms with Gasteiger partial charge in [-0.15, -0.1) is 0 Å². The first-order valence-electron chi connectivity index (χ1n) is 7.88. The number of phenols is 2. The SMILES string of the molecule is COc1ccc(CCN2C(=O)/C(=C/c3ccc(O)c(O)c3)SC2=S)cc1. The highest BCUT2D eigenvalue weighted by atomic mass is 32.2. The summed E-state index contributed by atoms with van der Waals surface area (Å²) in [7, 11) is 1.62. The minimum absolute atomic E-state index is 0.152. The Kier molecular flexibility index (Phi) is 5.49. The Bertz CT molecular complexity index is 878. The van der Waals surface area contributed by atoms with E-state index in [1.54, 1.807) is 24.2 Å². The predicted octanol–water partition coefficient (Wildman–Crippen LogP) is 3.55. The standard InChI is InChI=1S/C19H17NO4S2/c1-24-14-5-2-12(3-6-14)8-9-20-18(23)17(26-19(20)25)11-13-4-7-15(21)16(22)10-13/h2-7,10-11,21-22H,8-9H2,1H3/b17-11-. The molecule has 5 nitrogen and oxygen atoms in total. The van der Waals surface area contributed by atoms with Gasteiger partial charge in [0.15, 0.2) is 11.5 Å². The molecule has 1 heterocycles. The molecule has 0 spiro atoms. The summed E-state index contributed by atoms with van der Waals surface area (Å²) in [6.45, 7) is 0.495. The molecule has 7 heteroatoms. The fraction of sp³-hybridized carbons (Fsp3) is 0.158. The Morgan fingerprint density at radius 1 is 1.15 bits per heavy atom. The molecule has 0 bridgehead atoms. The molecular weight excluding hydrogens is 370 g/mol. The molecular formula is C19H17NO4S2. The molecule has 0 aromatic heterocycles. The van der Waals surface area contributed by atoms with Gasteiger partial charge in [0.2, 0.25) is 0 Å². The summed E-state index contributed by atoms with van der Waals surface area (Å²) in [5, 5.41) is 18.9. The van der Waals surface area contributed by atoms with Crippen molar-refractivity contribution in [2.24, 2.45) is 0 Å². The maximum Gasteiger partial charge on any atom is 0.266 e. The first kappa shape index (κ1) is 18.3. The van der Waals surface area contributed by atoms with Crippen molar-refractivity contribution in [3.8, 4) is 17.2 Å². The first-order valence-corrected chi connectivity index (χ1v) is 9.10. The van der Waals surface area contributed by atoms with Crippen LogP contribution in [-0.2, 0) is 11.2 Å². The molecule has 0 aliphatic carbocycles. The van der Waals surface area contributed by atoms with E-state index < -0.39 is 0 Å². The van der Waals surface area contributed by atoms with Crippen molar-refractivity contribution in [2.45, 2.75) is 6.42 Å². The zero-order valence-electron chi connectivity index (χ0n) is 14.0. The number of benzene rings is 2. The Morgan fingerprint density at radius 3 is 2.54 bits per heavy atom. The number of amides is 1. The van der Waals surface area contributed by atoms with Crippen LogP contribution in [0.1, 0.15) is 11.1 Å². The van der Waals surface area contributed by atoms with Crippen molar-refractivity contribution in [1.29, 1.82) is 0 Å². The van der Waals surface area contributed by atoms with E-state index in [4.69, 9.17) is 17.0 Å². The molecule has 0 radical (unpaired) electrons. The average Bonchev–Trinajstić information content (AvgIpc) is 2.90. The van der Waals surface area contributed by atoms with Gasteiger partial charge in [-0.1, -0.05) is 42.2 Å². The zero-order valence-corrected chi connectivity index (χ0v) is 15.6. The van der Waals surface area contributed by atoms with Crippen molar-refractivity contribution < 1.29 is 19.7 Å². The monoisotopic (exact) mass is 387 g/mol. The summed E-state index contributed by atoms with van der Waals surface area (Å²) in [5.41, 5.74) is 1.71. The minimum atomic E-state index is -0.228. The summed E-state index contributed by atoms with van der Waals surface area (Å²) in [6.07, 6.45) is 2.34. The third kappa shape index (κ3) is 4.00. The maximum absolute atomic E-state index is 12.6. The number of thiocarbonyl (C=S) groups is 1. The van der Waals surface area contributed by atoms with E-state index in [1.807, 2.05) is 24.3 Å². The van der Waals surface area contributed by atoms with E-state index in [-0.39, 0.29) is 17.4 Å². The van der Waals surface area contributed by atoms with Crippen molar-refractivity contribution in [1.82, 2.24) is 4.90 Å². The van der Waals surface area contributed by atoms with E-state index in [9.17, 15) is 15.0 Å². The quantitative estimate of drug-likeness (QED) is 0.465. The van der Waals surface area contributed by atoms with Gasteiger partial charge in [0.1, 0.15) is 10.1 Å². The van der Waals surface area contributed by atoms with Crippen LogP contribution in [-0.4, -0.2) is 39.0 Å². The van der Waals surface area contributed by atoms with Crippen molar-refractivity contribution >= 4 is 40.3 Å². The maximum atomic E-state index is 12.6. The van der Waals surface area contributed by atoms with Crippen LogP contribution in [0.2, 0.25) is 0 Å². The number of ether oxygens (including phenoxy) is 1. The molecule has 2 aromatic carbocycles. The summed E-state index contributed by atoms with van der Waals surface area (Å²) in [5.74, 6) is 0.212. The van der Waals surface area contributed by atoms with Crippen LogP contribution in [0.3, 0.4) is 0 Å². The first-order chi connectivity index (χ1) is 12.5. The van der Waals surface area contributed by atoms with E-state index in [0.29, 0.717) is 27.8 Å². The number of aromatic hydroxyl groups is 2. The fourth-order valence-electron chi connectivity index (χ4n) is 2.51. The van der Waals surface area contributed by atoms with Gasteiger partial charge in [0.05, 0.1) is 12.0 Å². The van der Waals surface area contributed by atoms with Crippen LogP contribution < -0.4 is 4.74 Å². The van der Waals surface area contributed by atoms with Crippen LogP contribution >= 0.6 is 24.0 Å². The van der Waals surface area contributed by atoms with Gasteiger partial charge in [-0.25, -0.2) is 0 Å². The third-order valence-electron chi connectivity index (χ3n) is 3.95. The van der Waals surface area contributed by atoms with Crippen LogP contribution in [0, 0.1) is 0 Å². The molecule has 0 saturated carbocycles. The lowest BCUT2D eigenvalue weighted by Gasteiger charge is -2.14. The number of nitrogens with zero attached hydrogens (tertiary/aromatic N) is 1. The van der Waals surface area contributed by atoms with Crippen molar-refractivity contribution in [3.05, 3.63) is 58.5 Å². The molecule has 26 heavy (non-hydrogen) atoms. The van der Waals surface area contributed by atoms with Gasteiger partial charge in [-0.3, -0.25) is 9.69 Å². The van der Waals surface area contributed by atoms with Crippen LogP contribution in [0.5, 0.6) is 17.2 Å². The number of carbonyl (C=O) groups excluding carboxylic acids is 1.